The highest BCUT2D eigenvalue weighted by Crippen LogP contribution is 2.24. The second kappa shape index (κ2) is 4.44. The molecule has 7 heteroatoms. The molecule has 0 spiro atoms. The molecule has 3 N–H and O–H groups in total. The molecule has 1 aliphatic rings. The molecule has 1 atom stereocenters. The van der Waals surface area contributed by atoms with E-state index in [-0.39, 0.29) is 11.7 Å². The van der Waals surface area contributed by atoms with Gasteiger partial charge in [-0.2, -0.15) is 4.98 Å². The third kappa shape index (κ3) is 2.22. The number of aromatic nitrogens is 1. The van der Waals surface area contributed by atoms with Gasteiger partial charge in [0.25, 0.3) is 6.01 Å². The molecule has 0 saturated carbocycles. The summed E-state index contributed by atoms with van der Waals surface area (Å²) in [6.45, 7) is 0.590. The van der Waals surface area contributed by atoms with Crippen molar-refractivity contribution in [2.75, 3.05) is 11.4 Å². The topological polar surface area (TPSA) is 110 Å². The Labute approximate surface area is 97.2 Å². The molecule has 92 valence electrons. The molecule has 1 fully saturated rings. The number of primary amides is 1. The molecular formula is C10H13N3O4. The van der Waals surface area contributed by atoms with E-state index in [9.17, 15) is 9.59 Å². The van der Waals surface area contributed by atoms with Crippen LogP contribution in [0.4, 0.5) is 6.01 Å². The van der Waals surface area contributed by atoms with E-state index >= 15 is 0 Å². The molecule has 1 saturated heterocycles. The number of carbonyl (C=O) groups is 2. The molecule has 2 heterocycles. The van der Waals surface area contributed by atoms with Crippen LogP contribution in [-0.4, -0.2) is 34.6 Å². The normalized spacial score (nSPS) is 20.2. The molecule has 1 aliphatic heterocycles. The second-order valence-corrected chi connectivity index (χ2v) is 3.93. The number of rotatable bonds is 3. The molecular weight excluding hydrogens is 226 g/mol. The van der Waals surface area contributed by atoms with Crippen LogP contribution in [0.15, 0.2) is 10.7 Å². The lowest BCUT2D eigenvalue weighted by molar-refractivity contribution is -0.119. The maximum atomic E-state index is 11.3. The van der Waals surface area contributed by atoms with Gasteiger partial charge in [0.1, 0.15) is 12.3 Å². The van der Waals surface area contributed by atoms with E-state index in [2.05, 4.69) is 4.98 Å². The van der Waals surface area contributed by atoms with E-state index < -0.39 is 17.9 Å². The van der Waals surface area contributed by atoms with Crippen LogP contribution in [0.3, 0.4) is 0 Å². The zero-order valence-electron chi connectivity index (χ0n) is 9.13. The van der Waals surface area contributed by atoms with Crippen LogP contribution in [0.1, 0.15) is 29.8 Å². The SMILES string of the molecule is NC(=O)C1CCCCN1c1nc(C(=O)O)co1. The Morgan fingerprint density at radius 2 is 2.29 bits per heavy atom. The van der Waals surface area contributed by atoms with Crippen molar-refractivity contribution in [2.45, 2.75) is 25.3 Å². The Morgan fingerprint density at radius 1 is 1.53 bits per heavy atom. The predicted molar refractivity (Wildman–Crippen MR) is 57.6 cm³/mol. The van der Waals surface area contributed by atoms with Gasteiger partial charge in [-0.3, -0.25) is 4.79 Å². The van der Waals surface area contributed by atoms with Gasteiger partial charge in [-0.25, -0.2) is 4.79 Å². The first kappa shape index (κ1) is 11.4. The van der Waals surface area contributed by atoms with E-state index in [0.29, 0.717) is 13.0 Å². The summed E-state index contributed by atoms with van der Waals surface area (Å²) in [5.74, 6) is -1.60. The molecule has 1 aromatic heterocycles. The molecule has 2 rings (SSSR count). The van der Waals surface area contributed by atoms with Crippen LogP contribution >= 0.6 is 0 Å². The molecule has 0 radical (unpaired) electrons. The number of oxazole rings is 1. The second-order valence-electron chi connectivity index (χ2n) is 3.93. The zero-order valence-corrected chi connectivity index (χ0v) is 9.13. The number of carboxylic acid groups (broad SMARTS) is 1. The van der Waals surface area contributed by atoms with Gasteiger partial charge in [-0.15, -0.1) is 0 Å². The van der Waals surface area contributed by atoms with Gasteiger partial charge >= 0.3 is 5.97 Å². The Bertz CT molecular complexity index is 443. The lowest BCUT2D eigenvalue weighted by Gasteiger charge is -2.32. The van der Waals surface area contributed by atoms with Crippen molar-refractivity contribution in [1.82, 2.24) is 4.98 Å². The predicted octanol–water partition coefficient (Wildman–Crippen LogP) is 0.217. The third-order valence-corrected chi connectivity index (χ3v) is 2.79. The van der Waals surface area contributed by atoms with Crippen LogP contribution in [0.5, 0.6) is 0 Å². The number of hydrogen-bond donors (Lipinski definition) is 2. The van der Waals surface area contributed by atoms with Crippen molar-refractivity contribution in [1.29, 1.82) is 0 Å². The molecule has 17 heavy (non-hydrogen) atoms. The fourth-order valence-electron chi connectivity index (χ4n) is 1.95. The molecule has 7 nitrogen and oxygen atoms in total. The van der Waals surface area contributed by atoms with Gasteiger partial charge in [0.2, 0.25) is 5.91 Å². The number of carbonyl (C=O) groups excluding carboxylic acids is 1. The molecule has 0 aliphatic carbocycles. The van der Waals surface area contributed by atoms with E-state index in [1.165, 1.54) is 0 Å². The minimum absolute atomic E-state index is 0.144. The largest absolute Gasteiger partial charge is 0.476 e. The van der Waals surface area contributed by atoms with Crippen LogP contribution in [0.25, 0.3) is 0 Å². The fraction of sp³-hybridized carbons (Fsp3) is 0.500. The van der Waals surface area contributed by atoms with Crippen molar-refractivity contribution in [3.8, 4) is 0 Å². The van der Waals surface area contributed by atoms with Gasteiger partial charge in [-0.05, 0) is 19.3 Å². The number of piperidine rings is 1. The smallest absolute Gasteiger partial charge is 0.357 e. The van der Waals surface area contributed by atoms with E-state index in [0.717, 1.165) is 19.1 Å². The number of amides is 1. The maximum absolute atomic E-state index is 11.3. The Hall–Kier alpha value is -2.05. The van der Waals surface area contributed by atoms with Crippen LogP contribution in [0, 0.1) is 0 Å². The molecule has 0 bridgehead atoms. The van der Waals surface area contributed by atoms with Crippen LogP contribution in [0.2, 0.25) is 0 Å². The number of aromatic carboxylic acids is 1. The lowest BCUT2D eigenvalue weighted by Crippen LogP contribution is -2.48. The van der Waals surface area contributed by atoms with Crippen LogP contribution in [-0.2, 0) is 4.79 Å². The van der Waals surface area contributed by atoms with Crippen molar-refractivity contribution in [2.24, 2.45) is 5.73 Å². The van der Waals surface area contributed by atoms with Gasteiger partial charge in [0.15, 0.2) is 5.69 Å². The van der Waals surface area contributed by atoms with Crippen molar-refractivity contribution < 1.29 is 19.1 Å². The number of hydrogen-bond acceptors (Lipinski definition) is 5. The quantitative estimate of drug-likeness (QED) is 0.780. The highest BCUT2D eigenvalue weighted by molar-refractivity contribution is 5.86. The first-order valence-electron chi connectivity index (χ1n) is 5.34. The van der Waals surface area contributed by atoms with E-state index in [1.54, 1.807) is 4.90 Å². The van der Waals surface area contributed by atoms with Crippen LogP contribution < -0.4 is 10.6 Å². The zero-order chi connectivity index (χ0) is 12.4. The van der Waals surface area contributed by atoms with Crippen molar-refractivity contribution >= 4 is 17.9 Å². The Kier molecular flexibility index (Phi) is 2.99. The summed E-state index contributed by atoms with van der Waals surface area (Å²) in [7, 11) is 0. The molecule has 1 unspecified atom stereocenters. The van der Waals surface area contributed by atoms with Crippen molar-refractivity contribution in [3.63, 3.8) is 0 Å². The first-order valence-corrected chi connectivity index (χ1v) is 5.34. The Balaban J connectivity index is 2.23. The summed E-state index contributed by atoms with van der Waals surface area (Å²) in [5, 5.41) is 8.74. The monoisotopic (exact) mass is 239 g/mol. The number of nitrogens with zero attached hydrogens (tertiary/aromatic N) is 2. The van der Waals surface area contributed by atoms with Gasteiger partial charge in [0, 0.05) is 6.54 Å². The average molecular weight is 239 g/mol. The minimum atomic E-state index is -1.16. The highest BCUT2D eigenvalue weighted by atomic mass is 16.4. The highest BCUT2D eigenvalue weighted by Gasteiger charge is 2.30. The number of nitrogens with two attached hydrogens (primary N) is 1. The van der Waals surface area contributed by atoms with Gasteiger partial charge < -0.3 is 20.2 Å². The maximum Gasteiger partial charge on any atom is 0.357 e. The van der Waals surface area contributed by atoms with E-state index in [4.69, 9.17) is 15.3 Å². The first-order chi connectivity index (χ1) is 8.09. The lowest BCUT2D eigenvalue weighted by atomic mass is 10.0. The minimum Gasteiger partial charge on any atom is -0.476 e. The molecule has 1 aromatic rings. The summed E-state index contributed by atoms with van der Waals surface area (Å²) >= 11 is 0. The summed E-state index contributed by atoms with van der Waals surface area (Å²) in [6, 6.07) is -0.324. The summed E-state index contributed by atoms with van der Waals surface area (Å²) in [6.07, 6.45) is 3.51. The summed E-state index contributed by atoms with van der Waals surface area (Å²) < 4.78 is 5.07. The average Bonchev–Trinajstić information content (AvgIpc) is 2.78. The standard InChI is InChI=1S/C10H13N3O4/c11-8(14)7-3-1-2-4-13(7)10-12-6(5-17-10)9(15)16/h5,7H,1-4H2,(H2,11,14)(H,15,16). The molecule has 0 aromatic carbocycles. The summed E-state index contributed by atoms with van der Waals surface area (Å²) in [5.41, 5.74) is 5.12. The van der Waals surface area contributed by atoms with Crippen molar-refractivity contribution in [3.05, 3.63) is 12.0 Å². The number of anilines is 1. The molecule has 1 amide bonds. The number of carboxylic acids is 1. The van der Waals surface area contributed by atoms with Gasteiger partial charge in [0.05, 0.1) is 0 Å². The summed E-state index contributed by atoms with van der Waals surface area (Å²) in [4.78, 5) is 27.4. The Morgan fingerprint density at radius 3 is 2.88 bits per heavy atom. The van der Waals surface area contributed by atoms with Gasteiger partial charge in [-0.1, -0.05) is 0 Å². The third-order valence-electron chi connectivity index (χ3n) is 2.79. The fourth-order valence-corrected chi connectivity index (χ4v) is 1.95. The van der Waals surface area contributed by atoms with E-state index in [1.807, 2.05) is 0 Å².